The second kappa shape index (κ2) is 9.53. The lowest BCUT2D eigenvalue weighted by Gasteiger charge is -2.26. The van der Waals surface area contributed by atoms with Crippen LogP contribution >= 0.6 is 0 Å². The van der Waals surface area contributed by atoms with E-state index in [0.717, 1.165) is 9.87 Å². The topological polar surface area (TPSA) is 84.9 Å². The van der Waals surface area contributed by atoms with Crippen molar-refractivity contribution >= 4 is 27.3 Å². The van der Waals surface area contributed by atoms with E-state index in [2.05, 4.69) is 5.32 Å². The quantitative estimate of drug-likeness (QED) is 0.575. The maximum Gasteiger partial charge on any atom is 0.264 e. The van der Waals surface area contributed by atoms with Crippen LogP contribution in [0.2, 0.25) is 0 Å². The zero-order chi connectivity index (χ0) is 22.4. The van der Waals surface area contributed by atoms with Crippen molar-refractivity contribution in [3.63, 3.8) is 0 Å². The summed E-state index contributed by atoms with van der Waals surface area (Å²) in [5, 5.41) is 2.73. The number of benzene rings is 3. The van der Waals surface area contributed by atoms with E-state index in [-0.39, 0.29) is 10.6 Å². The van der Waals surface area contributed by atoms with Gasteiger partial charge < -0.3 is 14.8 Å². The molecular weight excluding hydrogens is 416 g/mol. The molecule has 8 heteroatoms. The van der Waals surface area contributed by atoms with E-state index in [1.807, 2.05) is 13.0 Å². The molecule has 0 bridgehead atoms. The Morgan fingerprint density at radius 2 is 1.55 bits per heavy atom. The number of para-hydroxylation sites is 2. The Labute approximate surface area is 182 Å². The first-order valence-electron chi connectivity index (χ1n) is 9.52. The van der Waals surface area contributed by atoms with E-state index in [0.29, 0.717) is 17.2 Å². The Hall–Kier alpha value is -3.52. The number of anilines is 2. The average molecular weight is 441 g/mol. The number of carbonyl (C=O) groups excluding carboxylic acids is 1. The van der Waals surface area contributed by atoms with Crippen molar-refractivity contribution in [2.45, 2.75) is 11.8 Å². The summed E-state index contributed by atoms with van der Waals surface area (Å²) in [6.07, 6.45) is 0. The molecule has 3 aromatic carbocycles. The molecule has 0 unspecified atom stereocenters. The Morgan fingerprint density at radius 3 is 2.23 bits per heavy atom. The predicted octanol–water partition coefficient (Wildman–Crippen LogP) is 3.85. The SMILES string of the molecule is COc1ccccc1NC(=O)CN(c1cc(C)ccc1OC)S(=O)(=O)c1ccccc1. The smallest absolute Gasteiger partial charge is 0.264 e. The van der Waals surface area contributed by atoms with Crippen molar-refractivity contribution in [3.05, 3.63) is 78.4 Å². The third-order valence-corrected chi connectivity index (χ3v) is 6.38. The van der Waals surface area contributed by atoms with Gasteiger partial charge in [-0.25, -0.2) is 8.42 Å². The number of nitrogens with one attached hydrogen (secondary N) is 1. The van der Waals surface area contributed by atoms with Gasteiger partial charge in [-0.1, -0.05) is 36.4 Å². The minimum absolute atomic E-state index is 0.0728. The van der Waals surface area contributed by atoms with Gasteiger partial charge in [0.25, 0.3) is 10.0 Å². The van der Waals surface area contributed by atoms with Crippen LogP contribution in [-0.2, 0) is 14.8 Å². The number of methoxy groups -OCH3 is 2. The highest BCUT2D eigenvalue weighted by atomic mass is 32.2. The van der Waals surface area contributed by atoms with Gasteiger partial charge in [-0.05, 0) is 48.9 Å². The Balaban J connectivity index is 2.03. The second-order valence-electron chi connectivity index (χ2n) is 6.75. The number of rotatable bonds is 8. The lowest BCUT2D eigenvalue weighted by atomic mass is 10.2. The van der Waals surface area contributed by atoms with Crippen LogP contribution in [0.15, 0.2) is 77.7 Å². The number of ether oxygens (including phenoxy) is 2. The van der Waals surface area contributed by atoms with Crippen LogP contribution in [0.25, 0.3) is 0 Å². The van der Waals surface area contributed by atoms with Crippen LogP contribution < -0.4 is 19.1 Å². The monoisotopic (exact) mass is 440 g/mol. The molecule has 31 heavy (non-hydrogen) atoms. The van der Waals surface area contributed by atoms with Crippen LogP contribution in [0.3, 0.4) is 0 Å². The third kappa shape index (κ3) is 4.97. The number of hydrogen-bond donors (Lipinski definition) is 1. The Morgan fingerprint density at radius 1 is 0.903 bits per heavy atom. The van der Waals surface area contributed by atoms with E-state index in [4.69, 9.17) is 9.47 Å². The van der Waals surface area contributed by atoms with Crippen molar-refractivity contribution in [3.8, 4) is 11.5 Å². The molecule has 0 aliphatic heterocycles. The fraction of sp³-hybridized carbons (Fsp3) is 0.174. The van der Waals surface area contributed by atoms with Gasteiger partial charge in [0.2, 0.25) is 5.91 Å². The van der Waals surface area contributed by atoms with E-state index < -0.39 is 22.5 Å². The van der Waals surface area contributed by atoms with Gasteiger partial charge in [0.05, 0.1) is 30.5 Å². The molecule has 1 amide bonds. The Kier molecular flexibility index (Phi) is 6.81. The molecule has 0 aliphatic rings. The van der Waals surface area contributed by atoms with E-state index in [9.17, 15) is 13.2 Å². The lowest BCUT2D eigenvalue weighted by Crippen LogP contribution is -2.38. The molecule has 0 spiro atoms. The molecule has 0 atom stereocenters. The lowest BCUT2D eigenvalue weighted by molar-refractivity contribution is -0.114. The summed E-state index contributed by atoms with van der Waals surface area (Å²) in [5.74, 6) is 0.296. The third-order valence-electron chi connectivity index (χ3n) is 4.60. The van der Waals surface area contributed by atoms with E-state index in [1.165, 1.54) is 26.4 Å². The molecule has 0 saturated carbocycles. The summed E-state index contributed by atoms with van der Waals surface area (Å²) in [7, 11) is -1.10. The second-order valence-corrected chi connectivity index (χ2v) is 8.61. The molecule has 7 nitrogen and oxygen atoms in total. The molecular formula is C23H24N2O5S. The summed E-state index contributed by atoms with van der Waals surface area (Å²) in [4.78, 5) is 13.0. The van der Waals surface area contributed by atoms with Gasteiger partial charge in [0.1, 0.15) is 18.0 Å². The molecule has 162 valence electrons. The first kappa shape index (κ1) is 22.2. The summed E-state index contributed by atoms with van der Waals surface area (Å²) in [6.45, 7) is 1.39. The Bertz CT molecular complexity index is 1160. The van der Waals surface area contributed by atoms with Crippen molar-refractivity contribution in [1.29, 1.82) is 0 Å². The highest BCUT2D eigenvalue weighted by molar-refractivity contribution is 7.92. The van der Waals surface area contributed by atoms with Gasteiger partial charge in [-0.2, -0.15) is 0 Å². The molecule has 1 N–H and O–H groups in total. The van der Waals surface area contributed by atoms with Crippen molar-refractivity contribution < 1.29 is 22.7 Å². The largest absolute Gasteiger partial charge is 0.495 e. The molecule has 0 fully saturated rings. The number of amides is 1. The highest BCUT2D eigenvalue weighted by Gasteiger charge is 2.29. The first-order valence-corrected chi connectivity index (χ1v) is 11.0. The van der Waals surface area contributed by atoms with Gasteiger partial charge in [-0.15, -0.1) is 0 Å². The number of carbonyl (C=O) groups is 1. The molecule has 0 aromatic heterocycles. The van der Waals surface area contributed by atoms with Crippen molar-refractivity contribution in [1.82, 2.24) is 0 Å². The van der Waals surface area contributed by atoms with Crippen LogP contribution in [0, 0.1) is 6.92 Å². The molecule has 0 heterocycles. The zero-order valence-corrected chi connectivity index (χ0v) is 18.3. The van der Waals surface area contributed by atoms with Crippen LogP contribution in [0.5, 0.6) is 11.5 Å². The minimum atomic E-state index is -4.05. The van der Waals surface area contributed by atoms with Gasteiger partial charge in [0, 0.05) is 0 Å². The minimum Gasteiger partial charge on any atom is -0.495 e. The van der Waals surface area contributed by atoms with Crippen molar-refractivity contribution in [2.24, 2.45) is 0 Å². The van der Waals surface area contributed by atoms with E-state index in [1.54, 1.807) is 54.6 Å². The standard InChI is InChI=1S/C23H24N2O5S/c1-17-13-14-22(30-3)20(15-17)25(31(27,28)18-9-5-4-6-10-18)16-23(26)24-19-11-7-8-12-21(19)29-2/h4-15H,16H2,1-3H3,(H,24,26). The maximum atomic E-state index is 13.5. The van der Waals surface area contributed by atoms with Gasteiger partial charge in [0.15, 0.2) is 0 Å². The van der Waals surface area contributed by atoms with Crippen molar-refractivity contribution in [2.75, 3.05) is 30.4 Å². The number of hydrogen-bond acceptors (Lipinski definition) is 5. The number of aryl methyl sites for hydroxylation is 1. The summed E-state index contributed by atoms with van der Waals surface area (Å²) >= 11 is 0. The normalized spacial score (nSPS) is 10.9. The van der Waals surface area contributed by atoms with Crippen LogP contribution in [0.4, 0.5) is 11.4 Å². The molecule has 3 rings (SSSR count). The predicted molar refractivity (Wildman–Crippen MR) is 120 cm³/mol. The zero-order valence-electron chi connectivity index (χ0n) is 17.5. The number of nitrogens with zero attached hydrogens (tertiary/aromatic N) is 1. The summed E-state index contributed by atoms with van der Waals surface area (Å²) in [6, 6.07) is 20.0. The molecule has 0 saturated heterocycles. The van der Waals surface area contributed by atoms with Crippen LogP contribution in [0.1, 0.15) is 5.56 Å². The summed E-state index contributed by atoms with van der Waals surface area (Å²) < 4.78 is 38.7. The van der Waals surface area contributed by atoms with E-state index >= 15 is 0 Å². The van der Waals surface area contributed by atoms with Gasteiger partial charge >= 0.3 is 0 Å². The highest BCUT2D eigenvalue weighted by Crippen LogP contribution is 2.33. The fourth-order valence-corrected chi connectivity index (χ4v) is 4.53. The van der Waals surface area contributed by atoms with Gasteiger partial charge in [-0.3, -0.25) is 9.10 Å². The average Bonchev–Trinajstić information content (AvgIpc) is 2.78. The molecule has 0 radical (unpaired) electrons. The molecule has 3 aromatic rings. The fourth-order valence-electron chi connectivity index (χ4n) is 3.08. The number of sulfonamides is 1. The molecule has 0 aliphatic carbocycles. The van der Waals surface area contributed by atoms with Crippen LogP contribution in [-0.4, -0.2) is 35.1 Å². The summed E-state index contributed by atoms with van der Waals surface area (Å²) in [5.41, 5.74) is 1.55. The maximum absolute atomic E-state index is 13.5. The first-order chi connectivity index (χ1) is 14.9.